The van der Waals surface area contributed by atoms with Crippen LogP contribution in [0.2, 0.25) is 5.02 Å². The van der Waals surface area contributed by atoms with E-state index < -0.39 is 5.97 Å². The zero-order valence-corrected chi connectivity index (χ0v) is 9.18. The molecular weight excluding hydrogens is 214 g/mol. The molecule has 0 unspecified atom stereocenters. The fraction of sp³-hybridized carbons (Fsp3) is 0.182. The van der Waals surface area contributed by atoms with Gasteiger partial charge >= 0.3 is 5.97 Å². The summed E-state index contributed by atoms with van der Waals surface area (Å²) < 4.78 is 4.39. The lowest BCUT2D eigenvalue weighted by Crippen LogP contribution is -1.95. The Morgan fingerprint density at radius 3 is 2.80 bits per heavy atom. The molecule has 1 rings (SSSR count). The number of esters is 1. The smallest absolute Gasteiger partial charge is 0.384 e. The van der Waals surface area contributed by atoms with Gasteiger partial charge in [0, 0.05) is 17.2 Å². The second kappa shape index (κ2) is 4.72. The zero-order chi connectivity index (χ0) is 11.4. The molecule has 78 valence electrons. The molecule has 0 aliphatic heterocycles. The van der Waals surface area contributed by atoms with E-state index in [2.05, 4.69) is 16.6 Å². The van der Waals surface area contributed by atoms with E-state index in [1.807, 2.05) is 0 Å². The number of carbonyl (C=O) groups is 1. The Morgan fingerprint density at radius 2 is 2.20 bits per heavy atom. The highest BCUT2D eigenvalue weighted by Gasteiger charge is 2.04. The van der Waals surface area contributed by atoms with Crippen molar-refractivity contribution in [1.29, 1.82) is 0 Å². The largest absolute Gasteiger partial charge is 0.459 e. The number of hydrogen-bond donors (Lipinski definition) is 1. The van der Waals surface area contributed by atoms with Gasteiger partial charge in [-0.25, -0.2) is 4.79 Å². The third-order valence-corrected chi connectivity index (χ3v) is 2.40. The highest BCUT2D eigenvalue weighted by Crippen LogP contribution is 2.24. The fourth-order valence-corrected chi connectivity index (χ4v) is 1.19. The summed E-state index contributed by atoms with van der Waals surface area (Å²) in [5.74, 6) is 4.32. The van der Waals surface area contributed by atoms with Gasteiger partial charge in [0.15, 0.2) is 0 Å². The SMILES string of the molecule is COC(=O)C#Cc1ccc(N)c(C)c1Cl. The van der Waals surface area contributed by atoms with Crippen LogP contribution in [0.15, 0.2) is 12.1 Å². The molecule has 0 saturated carbocycles. The van der Waals surface area contributed by atoms with E-state index in [1.54, 1.807) is 19.1 Å². The van der Waals surface area contributed by atoms with E-state index in [1.165, 1.54) is 7.11 Å². The summed E-state index contributed by atoms with van der Waals surface area (Å²) in [7, 11) is 1.27. The number of anilines is 1. The number of halogens is 1. The second-order valence-electron chi connectivity index (χ2n) is 2.88. The van der Waals surface area contributed by atoms with Crippen molar-refractivity contribution in [3.05, 3.63) is 28.3 Å². The molecule has 0 spiro atoms. The van der Waals surface area contributed by atoms with Crippen LogP contribution >= 0.6 is 11.6 Å². The van der Waals surface area contributed by atoms with Crippen molar-refractivity contribution in [3.8, 4) is 11.8 Å². The van der Waals surface area contributed by atoms with Crippen LogP contribution in [0.4, 0.5) is 5.69 Å². The van der Waals surface area contributed by atoms with Crippen LogP contribution in [0.25, 0.3) is 0 Å². The maximum Gasteiger partial charge on any atom is 0.384 e. The number of benzene rings is 1. The Bertz CT molecular complexity index is 458. The first-order valence-electron chi connectivity index (χ1n) is 4.20. The minimum atomic E-state index is -0.597. The Kier molecular flexibility index (Phi) is 3.59. The third-order valence-electron chi connectivity index (χ3n) is 1.91. The minimum Gasteiger partial charge on any atom is -0.459 e. The summed E-state index contributed by atoms with van der Waals surface area (Å²) in [4.78, 5) is 10.8. The summed E-state index contributed by atoms with van der Waals surface area (Å²) in [6.07, 6.45) is 0. The van der Waals surface area contributed by atoms with Gasteiger partial charge in [0.25, 0.3) is 0 Å². The predicted molar refractivity (Wildman–Crippen MR) is 59.5 cm³/mol. The first-order chi connectivity index (χ1) is 7.06. The van der Waals surface area contributed by atoms with Gasteiger partial charge < -0.3 is 10.5 Å². The maximum atomic E-state index is 10.8. The monoisotopic (exact) mass is 223 g/mol. The zero-order valence-electron chi connectivity index (χ0n) is 8.43. The molecule has 0 atom stereocenters. The lowest BCUT2D eigenvalue weighted by molar-refractivity contribution is -0.133. The molecule has 0 radical (unpaired) electrons. The molecule has 2 N–H and O–H groups in total. The molecule has 0 aliphatic carbocycles. The van der Waals surface area contributed by atoms with E-state index in [0.717, 1.165) is 5.56 Å². The van der Waals surface area contributed by atoms with E-state index in [4.69, 9.17) is 17.3 Å². The van der Waals surface area contributed by atoms with Crippen molar-refractivity contribution in [2.75, 3.05) is 12.8 Å². The highest BCUT2D eigenvalue weighted by atomic mass is 35.5. The van der Waals surface area contributed by atoms with Gasteiger partial charge in [0.1, 0.15) is 0 Å². The van der Waals surface area contributed by atoms with Crippen LogP contribution in [0, 0.1) is 18.8 Å². The molecule has 1 aromatic carbocycles. The van der Waals surface area contributed by atoms with Crippen molar-refractivity contribution < 1.29 is 9.53 Å². The van der Waals surface area contributed by atoms with Crippen LogP contribution in [-0.4, -0.2) is 13.1 Å². The number of carbonyl (C=O) groups excluding carboxylic acids is 1. The van der Waals surface area contributed by atoms with Gasteiger partial charge in [-0.2, -0.15) is 0 Å². The Labute approximate surface area is 93.2 Å². The summed E-state index contributed by atoms with van der Waals surface area (Å²) in [5, 5.41) is 0.464. The molecule has 0 aromatic heterocycles. The van der Waals surface area contributed by atoms with Crippen LogP contribution in [-0.2, 0) is 9.53 Å². The molecule has 0 aliphatic rings. The van der Waals surface area contributed by atoms with E-state index in [-0.39, 0.29) is 0 Å². The standard InChI is InChI=1S/C11H10ClNO2/c1-7-9(13)5-3-8(11(7)12)4-6-10(14)15-2/h3,5H,13H2,1-2H3. The minimum absolute atomic E-state index is 0.464. The molecule has 0 bridgehead atoms. The van der Waals surface area contributed by atoms with Crippen LogP contribution < -0.4 is 5.73 Å². The maximum absolute atomic E-state index is 10.8. The third kappa shape index (κ3) is 2.64. The highest BCUT2D eigenvalue weighted by molar-refractivity contribution is 6.32. The van der Waals surface area contributed by atoms with Crippen LogP contribution in [0.3, 0.4) is 0 Å². The molecule has 3 nitrogen and oxygen atoms in total. The summed E-state index contributed by atoms with van der Waals surface area (Å²) in [5.41, 5.74) is 7.57. The van der Waals surface area contributed by atoms with Gasteiger partial charge in [-0.05, 0) is 24.6 Å². The molecule has 4 heteroatoms. The van der Waals surface area contributed by atoms with Gasteiger partial charge in [-0.1, -0.05) is 17.5 Å². The van der Waals surface area contributed by atoms with Crippen LogP contribution in [0.1, 0.15) is 11.1 Å². The van der Waals surface area contributed by atoms with Gasteiger partial charge in [-0.3, -0.25) is 0 Å². The molecule has 0 amide bonds. The first-order valence-corrected chi connectivity index (χ1v) is 4.58. The van der Waals surface area contributed by atoms with E-state index >= 15 is 0 Å². The molecule has 1 aromatic rings. The lowest BCUT2D eigenvalue weighted by Gasteiger charge is -2.03. The van der Waals surface area contributed by atoms with Gasteiger partial charge in [-0.15, -0.1) is 0 Å². The number of ether oxygens (including phenoxy) is 1. The van der Waals surface area contributed by atoms with E-state index in [9.17, 15) is 4.79 Å². The number of nitrogen functional groups attached to an aromatic ring is 1. The lowest BCUT2D eigenvalue weighted by atomic mass is 10.1. The normalized spacial score (nSPS) is 9.00. The summed E-state index contributed by atoms with van der Waals surface area (Å²) >= 11 is 5.99. The number of methoxy groups -OCH3 is 1. The van der Waals surface area contributed by atoms with Crippen molar-refractivity contribution in [1.82, 2.24) is 0 Å². The van der Waals surface area contributed by atoms with E-state index in [0.29, 0.717) is 16.3 Å². The first kappa shape index (κ1) is 11.4. The molecular formula is C11H10ClNO2. The molecule has 0 saturated heterocycles. The Balaban J connectivity index is 3.10. The summed E-state index contributed by atoms with van der Waals surface area (Å²) in [6.45, 7) is 1.79. The summed E-state index contributed by atoms with van der Waals surface area (Å²) in [6, 6.07) is 3.36. The quantitative estimate of drug-likeness (QED) is 0.414. The Hall–Kier alpha value is -1.66. The topological polar surface area (TPSA) is 52.3 Å². The Morgan fingerprint density at radius 1 is 1.53 bits per heavy atom. The molecule has 15 heavy (non-hydrogen) atoms. The second-order valence-corrected chi connectivity index (χ2v) is 3.26. The molecule has 0 fully saturated rings. The fourth-order valence-electron chi connectivity index (χ4n) is 0.966. The average molecular weight is 224 g/mol. The van der Waals surface area contributed by atoms with Crippen LogP contribution in [0.5, 0.6) is 0 Å². The average Bonchev–Trinajstić information content (AvgIpc) is 2.24. The van der Waals surface area contributed by atoms with Crippen molar-refractivity contribution in [2.24, 2.45) is 0 Å². The van der Waals surface area contributed by atoms with Crippen molar-refractivity contribution >= 4 is 23.3 Å². The van der Waals surface area contributed by atoms with Gasteiger partial charge in [0.05, 0.1) is 12.1 Å². The van der Waals surface area contributed by atoms with Crippen molar-refractivity contribution in [2.45, 2.75) is 6.92 Å². The number of rotatable bonds is 0. The number of hydrogen-bond acceptors (Lipinski definition) is 3. The number of nitrogens with two attached hydrogens (primary N) is 1. The van der Waals surface area contributed by atoms with Crippen molar-refractivity contribution in [3.63, 3.8) is 0 Å². The van der Waals surface area contributed by atoms with Gasteiger partial charge in [0.2, 0.25) is 0 Å². The molecule has 0 heterocycles. The predicted octanol–water partition coefficient (Wildman–Crippen LogP) is 1.76.